The minimum absolute atomic E-state index is 0.840. The Morgan fingerprint density at radius 1 is 1.00 bits per heavy atom. The van der Waals surface area contributed by atoms with Crippen molar-refractivity contribution in [1.29, 1.82) is 0 Å². The molecule has 0 aliphatic rings. The molecule has 0 unspecified atom stereocenters. The highest BCUT2D eigenvalue weighted by Gasteiger charge is 2.09. The van der Waals surface area contributed by atoms with E-state index in [-0.39, 0.29) is 0 Å². The van der Waals surface area contributed by atoms with Gasteiger partial charge in [-0.3, -0.25) is 0 Å². The molecule has 0 aliphatic carbocycles. The van der Waals surface area contributed by atoms with Crippen molar-refractivity contribution in [2.24, 2.45) is 0 Å². The second-order valence-electron chi connectivity index (χ2n) is 3.98. The third-order valence-electron chi connectivity index (χ3n) is 2.80. The molecule has 2 aromatic carbocycles. The van der Waals surface area contributed by atoms with Gasteiger partial charge in [0.05, 0.1) is 20.5 Å². The Labute approximate surface area is 121 Å². The van der Waals surface area contributed by atoms with E-state index in [1.165, 1.54) is 0 Å². The normalized spacial score (nSPS) is 11.2. The Hall–Kier alpha value is -1.74. The lowest BCUT2D eigenvalue weighted by Gasteiger charge is -2.10. The van der Waals surface area contributed by atoms with Crippen LogP contribution in [0.2, 0.25) is 0 Å². The van der Waals surface area contributed by atoms with Gasteiger partial charge in [-0.15, -0.1) is 0 Å². The monoisotopic (exact) mass is 318 g/mol. The van der Waals surface area contributed by atoms with E-state index in [9.17, 15) is 0 Å². The Bertz CT molecular complexity index is 574. The third-order valence-corrected chi connectivity index (χ3v) is 3.49. The van der Waals surface area contributed by atoms with Gasteiger partial charge in [-0.1, -0.05) is 46.3 Å². The van der Waals surface area contributed by atoms with E-state index in [0.29, 0.717) is 0 Å². The van der Waals surface area contributed by atoms with E-state index in [0.717, 1.165) is 26.9 Å². The smallest absolute Gasteiger partial charge is 0.118 e. The Morgan fingerprint density at radius 3 is 2.26 bits per heavy atom. The van der Waals surface area contributed by atoms with Gasteiger partial charge in [0.1, 0.15) is 5.75 Å². The van der Waals surface area contributed by atoms with Crippen molar-refractivity contribution >= 4 is 21.5 Å². The summed E-state index contributed by atoms with van der Waals surface area (Å²) in [7, 11) is 3.31. The molecular weight excluding hydrogens is 304 g/mol. The molecule has 3 heteroatoms. The van der Waals surface area contributed by atoms with Crippen LogP contribution in [0.1, 0.15) is 11.1 Å². The highest BCUT2D eigenvalue weighted by atomic mass is 79.9. The molecule has 2 nitrogen and oxygen atoms in total. The van der Waals surface area contributed by atoms with Gasteiger partial charge in [-0.25, -0.2) is 0 Å². The molecule has 0 saturated heterocycles. The quantitative estimate of drug-likeness (QED) is 0.773. The summed E-state index contributed by atoms with van der Waals surface area (Å²) in [5, 5.41) is 0. The topological polar surface area (TPSA) is 18.5 Å². The van der Waals surface area contributed by atoms with Crippen molar-refractivity contribution in [1.82, 2.24) is 0 Å². The summed E-state index contributed by atoms with van der Waals surface area (Å²) in [5.74, 6) is 0.840. The van der Waals surface area contributed by atoms with Crippen LogP contribution in [0, 0.1) is 0 Å². The molecule has 19 heavy (non-hydrogen) atoms. The number of halogens is 1. The van der Waals surface area contributed by atoms with E-state index in [4.69, 9.17) is 9.47 Å². The van der Waals surface area contributed by atoms with Crippen LogP contribution in [-0.2, 0) is 4.74 Å². The fourth-order valence-corrected chi connectivity index (χ4v) is 2.35. The zero-order chi connectivity index (χ0) is 13.7. The minimum atomic E-state index is 0.840. The highest BCUT2D eigenvalue weighted by Crippen LogP contribution is 2.30. The molecule has 0 saturated carbocycles. The molecule has 0 bridgehead atoms. The van der Waals surface area contributed by atoms with E-state index in [1.807, 2.05) is 42.5 Å². The maximum absolute atomic E-state index is 5.21. The molecule has 0 heterocycles. The van der Waals surface area contributed by atoms with Crippen LogP contribution < -0.4 is 4.74 Å². The average Bonchev–Trinajstić information content (AvgIpc) is 2.46. The second-order valence-corrected chi connectivity index (χ2v) is 4.83. The Kier molecular flexibility index (Phi) is 4.63. The summed E-state index contributed by atoms with van der Waals surface area (Å²) in [4.78, 5) is 0. The number of hydrogen-bond donors (Lipinski definition) is 0. The van der Waals surface area contributed by atoms with Gasteiger partial charge in [-0.05, 0) is 29.3 Å². The fraction of sp³-hybridized carbons (Fsp3) is 0.125. The summed E-state index contributed by atoms with van der Waals surface area (Å²) >= 11 is 3.57. The molecule has 0 spiro atoms. The molecule has 0 fully saturated rings. The Balaban J connectivity index is 2.46. The molecule has 0 aromatic heterocycles. The summed E-state index contributed by atoms with van der Waals surface area (Å²) in [5.41, 5.74) is 3.20. The van der Waals surface area contributed by atoms with Gasteiger partial charge in [-0.2, -0.15) is 0 Å². The zero-order valence-electron chi connectivity index (χ0n) is 10.9. The van der Waals surface area contributed by atoms with Gasteiger partial charge in [0, 0.05) is 10.0 Å². The summed E-state index contributed by atoms with van der Waals surface area (Å²) < 4.78 is 11.4. The molecule has 98 valence electrons. The molecule has 2 rings (SSSR count). The zero-order valence-corrected chi connectivity index (χ0v) is 12.5. The van der Waals surface area contributed by atoms with Crippen molar-refractivity contribution < 1.29 is 9.47 Å². The highest BCUT2D eigenvalue weighted by molar-refractivity contribution is 9.10. The summed E-state index contributed by atoms with van der Waals surface area (Å²) in [6.07, 6.45) is 1.75. The molecule has 0 aliphatic heterocycles. The fourth-order valence-electron chi connectivity index (χ4n) is 1.86. The van der Waals surface area contributed by atoms with Gasteiger partial charge in [0.2, 0.25) is 0 Å². The van der Waals surface area contributed by atoms with Crippen LogP contribution in [0.3, 0.4) is 0 Å². The first-order valence-electron chi connectivity index (χ1n) is 5.88. The van der Waals surface area contributed by atoms with Gasteiger partial charge in [0.15, 0.2) is 0 Å². The minimum Gasteiger partial charge on any atom is -0.504 e. The predicted molar refractivity (Wildman–Crippen MR) is 81.2 cm³/mol. The van der Waals surface area contributed by atoms with Crippen LogP contribution in [0.25, 0.3) is 5.57 Å². The number of ether oxygens (including phenoxy) is 2. The van der Waals surface area contributed by atoms with E-state index >= 15 is 0 Å². The van der Waals surface area contributed by atoms with Crippen molar-refractivity contribution in [3.63, 3.8) is 0 Å². The summed E-state index contributed by atoms with van der Waals surface area (Å²) in [6, 6.07) is 16.0. The number of methoxy groups -OCH3 is 2. The van der Waals surface area contributed by atoms with Gasteiger partial charge < -0.3 is 9.47 Å². The predicted octanol–water partition coefficient (Wildman–Crippen LogP) is 4.49. The maximum atomic E-state index is 5.21. The Morgan fingerprint density at radius 2 is 1.68 bits per heavy atom. The lowest BCUT2D eigenvalue weighted by Crippen LogP contribution is -1.91. The van der Waals surface area contributed by atoms with E-state index < -0.39 is 0 Å². The van der Waals surface area contributed by atoms with Crippen LogP contribution in [0.15, 0.2) is 59.3 Å². The van der Waals surface area contributed by atoms with Crippen molar-refractivity contribution in [3.8, 4) is 5.75 Å². The van der Waals surface area contributed by atoms with Crippen LogP contribution >= 0.6 is 15.9 Å². The SMILES string of the molecule is CO/C=C(/c1ccc(OC)cc1)c1ccccc1Br. The molecule has 0 amide bonds. The first kappa shape index (κ1) is 13.7. The number of benzene rings is 2. The second kappa shape index (κ2) is 6.43. The van der Waals surface area contributed by atoms with Crippen LogP contribution in [0.5, 0.6) is 5.75 Å². The van der Waals surface area contributed by atoms with Crippen LogP contribution in [-0.4, -0.2) is 14.2 Å². The van der Waals surface area contributed by atoms with Crippen molar-refractivity contribution in [2.75, 3.05) is 14.2 Å². The van der Waals surface area contributed by atoms with Gasteiger partial charge in [0.25, 0.3) is 0 Å². The van der Waals surface area contributed by atoms with Crippen molar-refractivity contribution in [2.45, 2.75) is 0 Å². The lowest BCUT2D eigenvalue weighted by molar-refractivity contribution is 0.340. The van der Waals surface area contributed by atoms with E-state index in [2.05, 4.69) is 22.0 Å². The molecule has 0 radical (unpaired) electrons. The van der Waals surface area contributed by atoms with Gasteiger partial charge >= 0.3 is 0 Å². The molecular formula is C16H15BrO2. The lowest BCUT2D eigenvalue weighted by atomic mass is 9.99. The number of rotatable bonds is 4. The van der Waals surface area contributed by atoms with Crippen molar-refractivity contribution in [3.05, 3.63) is 70.4 Å². The average molecular weight is 319 g/mol. The first-order chi connectivity index (χ1) is 9.26. The van der Waals surface area contributed by atoms with E-state index in [1.54, 1.807) is 20.5 Å². The molecule has 0 atom stereocenters. The standard InChI is InChI=1S/C16H15BrO2/c1-18-11-15(14-5-3-4-6-16(14)17)12-7-9-13(19-2)10-8-12/h3-11H,1-2H3/b15-11-. The number of hydrogen-bond acceptors (Lipinski definition) is 2. The largest absolute Gasteiger partial charge is 0.504 e. The first-order valence-corrected chi connectivity index (χ1v) is 6.68. The third kappa shape index (κ3) is 3.18. The summed E-state index contributed by atoms with van der Waals surface area (Å²) in [6.45, 7) is 0. The van der Waals surface area contributed by atoms with Crippen LogP contribution in [0.4, 0.5) is 0 Å². The molecule has 2 aromatic rings. The molecule has 0 N–H and O–H groups in total. The maximum Gasteiger partial charge on any atom is 0.118 e.